The zero-order chi connectivity index (χ0) is 14.8. The van der Waals surface area contributed by atoms with E-state index >= 15 is 0 Å². The molecule has 0 saturated carbocycles. The molecular formula is C13H18ClFN2O2S. The van der Waals surface area contributed by atoms with E-state index in [1.54, 1.807) is 6.07 Å². The van der Waals surface area contributed by atoms with Gasteiger partial charge >= 0.3 is 0 Å². The molecule has 0 bridgehead atoms. The number of hydrogen-bond acceptors (Lipinski definition) is 4. The number of hydrogen-bond donors (Lipinski definition) is 0. The highest BCUT2D eigenvalue weighted by molar-refractivity contribution is 7.90. The first-order chi connectivity index (χ1) is 9.35. The molecular weight excluding hydrogens is 303 g/mol. The van der Waals surface area contributed by atoms with Gasteiger partial charge in [-0.25, -0.2) is 12.8 Å². The third kappa shape index (κ3) is 4.33. The lowest BCUT2D eigenvalue weighted by atomic mass is 10.2. The van der Waals surface area contributed by atoms with Crippen LogP contribution in [0.15, 0.2) is 18.2 Å². The van der Waals surface area contributed by atoms with E-state index in [9.17, 15) is 12.8 Å². The Morgan fingerprint density at radius 2 is 1.90 bits per heavy atom. The summed E-state index contributed by atoms with van der Waals surface area (Å²) in [6, 6.07) is 4.40. The summed E-state index contributed by atoms with van der Waals surface area (Å²) < 4.78 is 35.3. The maximum Gasteiger partial charge on any atom is 0.148 e. The third-order valence-electron chi connectivity index (χ3n) is 3.40. The molecule has 1 aromatic rings. The molecule has 1 aliphatic rings. The average Bonchev–Trinajstić information content (AvgIpc) is 2.36. The van der Waals surface area contributed by atoms with E-state index in [1.807, 2.05) is 0 Å². The van der Waals surface area contributed by atoms with Gasteiger partial charge in [-0.15, -0.1) is 0 Å². The zero-order valence-electron chi connectivity index (χ0n) is 11.3. The number of nitrogens with zero attached hydrogens (tertiary/aromatic N) is 2. The lowest BCUT2D eigenvalue weighted by Gasteiger charge is -2.36. The molecule has 1 fully saturated rings. The monoisotopic (exact) mass is 320 g/mol. The lowest BCUT2D eigenvalue weighted by molar-refractivity contribution is 0.272. The molecule has 0 aliphatic carbocycles. The first kappa shape index (κ1) is 15.5. The van der Waals surface area contributed by atoms with Crippen LogP contribution >= 0.6 is 11.6 Å². The van der Waals surface area contributed by atoms with Crippen LogP contribution in [0.4, 0.5) is 10.1 Å². The van der Waals surface area contributed by atoms with Gasteiger partial charge in [0.2, 0.25) is 0 Å². The predicted octanol–water partition coefficient (Wildman–Crippen LogP) is 1.65. The highest BCUT2D eigenvalue weighted by atomic mass is 35.5. The molecule has 4 nitrogen and oxygen atoms in total. The van der Waals surface area contributed by atoms with Gasteiger partial charge in [0.1, 0.15) is 15.7 Å². The molecule has 0 spiro atoms. The summed E-state index contributed by atoms with van der Waals surface area (Å²) in [4.78, 5) is 4.22. The number of sulfone groups is 1. The quantitative estimate of drug-likeness (QED) is 0.846. The smallest absolute Gasteiger partial charge is 0.148 e. The highest BCUT2D eigenvalue weighted by Gasteiger charge is 2.19. The van der Waals surface area contributed by atoms with Crippen LogP contribution in [0, 0.1) is 5.82 Å². The molecule has 7 heteroatoms. The van der Waals surface area contributed by atoms with Crippen LogP contribution in [0.1, 0.15) is 0 Å². The molecule has 112 valence electrons. The number of piperazine rings is 1. The van der Waals surface area contributed by atoms with Gasteiger partial charge in [0.15, 0.2) is 0 Å². The molecule has 0 unspecified atom stereocenters. The molecule has 20 heavy (non-hydrogen) atoms. The number of rotatable bonds is 4. The molecule has 1 saturated heterocycles. The molecule has 0 radical (unpaired) electrons. The van der Waals surface area contributed by atoms with E-state index < -0.39 is 9.84 Å². The second-order valence-corrected chi connectivity index (χ2v) is 7.72. The summed E-state index contributed by atoms with van der Waals surface area (Å²) in [5.74, 6) is -0.157. The molecule has 1 aromatic carbocycles. The first-order valence-corrected chi connectivity index (χ1v) is 8.89. The van der Waals surface area contributed by atoms with Crippen molar-refractivity contribution in [1.29, 1.82) is 0 Å². The maximum absolute atomic E-state index is 13.0. The summed E-state index contributed by atoms with van der Waals surface area (Å²) >= 11 is 6.05. The normalized spacial score (nSPS) is 17.4. The van der Waals surface area contributed by atoms with Gasteiger partial charge in [-0.2, -0.15) is 0 Å². The summed E-state index contributed by atoms with van der Waals surface area (Å²) in [6.45, 7) is 3.64. The minimum absolute atomic E-state index is 0.185. The van der Waals surface area contributed by atoms with Crippen LogP contribution < -0.4 is 4.90 Å². The number of benzene rings is 1. The van der Waals surface area contributed by atoms with Gasteiger partial charge in [0.25, 0.3) is 0 Å². The molecule has 0 atom stereocenters. The summed E-state index contributed by atoms with van der Waals surface area (Å²) in [6.07, 6.45) is 1.25. The molecule has 0 aromatic heterocycles. The van der Waals surface area contributed by atoms with Crippen LogP contribution in [0.25, 0.3) is 0 Å². The van der Waals surface area contributed by atoms with E-state index in [-0.39, 0.29) is 11.6 Å². The van der Waals surface area contributed by atoms with Gasteiger partial charge in [-0.05, 0) is 18.2 Å². The fourth-order valence-electron chi connectivity index (χ4n) is 2.25. The van der Waals surface area contributed by atoms with E-state index in [0.29, 0.717) is 11.6 Å². The van der Waals surface area contributed by atoms with Gasteiger partial charge in [0.05, 0.1) is 16.5 Å². The summed E-state index contributed by atoms with van der Waals surface area (Å²) in [5, 5.41) is 0.412. The maximum atomic E-state index is 13.0. The van der Waals surface area contributed by atoms with Gasteiger partial charge in [-0.3, -0.25) is 4.90 Å². The first-order valence-electron chi connectivity index (χ1n) is 6.45. The van der Waals surface area contributed by atoms with E-state index in [1.165, 1.54) is 18.4 Å². The predicted molar refractivity (Wildman–Crippen MR) is 79.8 cm³/mol. The Balaban J connectivity index is 1.91. The second kappa shape index (κ2) is 6.28. The minimum Gasteiger partial charge on any atom is -0.368 e. The average molecular weight is 321 g/mol. The van der Waals surface area contributed by atoms with E-state index in [0.717, 1.165) is 31.9 Å². The largest absolute Gasteiger partial charge is 0.368 e. The van der Waals surface area contributed by atoms with Crippen molar-refractivity contribution in [2.24, 2.45) is 0 Å². The molecule has 1 aliphatic heterocycles. The molecule has 2 rings (SSSR count). The van der Waals surface area contributed by atoms with Crippen molar-refractivity contribution in [3.05, 3.63) is 29.0 Å². The van der Waals surface area contributed by atoms with E-state index in [4.69, 9.17) is 11.6 Å². The van der Waals surface area contributed by atoms with Crippen LogP contribution in [0.2, 0.25) is 5.02 Å². The van der Waals surface area contributed by atoms with E-state index in [2.05, 4.69) is 9.80 Å². The van der Waals surface area contributed by atoms with Gasteiger partial charge in [-0.1, -0.05) is 11.6 Å². The Morgan fingerprint density at radius 1 is 1.25 bits per heavy atom. The highest BCUT2D eigenvalue weighted by Crippen LogP contribution is 2.27. The Bertz CT molecular complexity index is 572. The standard InChI is InChI=1S/C13H18ClFN2O2S/c1-20(18,19)9-8-16-4-6-17(7-5-16)13-3-2-11(15)10-12(13)14/h2-3,10H,4-9H2,1H3. The summed E-state index contributed by atoms with van der Waals surface area (Å²) in [5.41, 5.74) is 0.829. The molecule has 0 N–H and O–H groups in total. The van der Waals surface area contributed by atoms with Gasteiger partial charge < -0.3 is 4.90 Å². The van der Waals surface area contributed by atoms with Crippen molar-refractivity contribution < 1.29 is 12.8 Å². The van der Waals surface area contributed by atoms with Crippen LogP contribution in [-0.4, -0.2) is 58.1 Å². The SMILES string of the molecule is CS(=O)(=O)CCN1CCN(c2ccc(F)cc2Cl)CC1. The van der Waals surface area contributed by atoms with Crippen LogP contribution in [0.3, 0.4) is 0 Å². The van der Waals surface area contributed by atoms with Crippen LogP contribution in [0.5, 0.6) is 0 Å². The minimum atomic E-state index is -2.92. The van der Waals surface area contributed by atoms with Gasteiger partial charge in [0, 0.05) is 39.0 Å². The Hall–Kier alpha value is -0.850. The molecule has 0 amide bonds. The van der Waals surface area contributed by atoms with Crippen LogP contribution in [-0.2, 0) is 9.84 Å². The van der Waals surface area contributed by atoms with Crippen molar-refractivity contribution in [2.75, 3.05) is 49.6 Å². The van der Waals surface area contributed by atoms with Crippen molar-refractivity contribution in [1.82, 2.24) is 4.90 Å². The topological polar surface area (TPSA) is 40.6 Å². The second-order valence-electron chi connectivity index (χ2n) is 5.05. The van der Waals surface area contributed by atoms with Crippen molar-refractivity contribution in [3.8, 4) is 0 Å². The lowest BCUT2D eigenvalue weighted by Crippen LogP contribution is -2.47. The molecule has 1 heterocycles. The fourth-order valence-corrected chi connectivity index (χ4v) is 3.12. The zero-order valence-corrected chi connectivity index (χ0v) is 12.9. The Labute approximate surface area is 124 Å². The Morgan fingerprint density at radius 3 is 2.45 bits per heavy atom. The summed E-state index contributed by atoms with van der Waals surface area (Å²) in [7, 11) is -2.92. The Kier molecular flexibility index (Phi) is 4.88. The number of halogens is 2. The van der Waals surface area contributed by atoms with Crippen molar-refractivity contribution in [3.63, 3.8) is 0 Å². The third-order valence-corrected chi connectivity index (χ3v) is 4.63. The number of anilines is 1. The fraction of sp³-hybridized carbons (Fsp3) is 0.538. The van der Waals surface area contributed by atoms with Crippen molar-refractivity contribution >= 4 is 27.1 Å². The van der Waals surface area contributed by atoms with Crippen molar-refractivity contribution in [2.45, 2.75) is 0 Å².